The predicted molar refractivity (Wildman–Crippen MR) is 99.2 cm³/mol. The Kier molecular flexibility index (Phi) is 7.39. The molecule has 0 radical (unpaired) electrons. The number of hydrogen-bond donors (Lipinski definition) is 0. The van der Waals surface area contributed by atoms with Gasteiger partial charge in [-0.05, 0) is 59.7 Å². The van der Waals surface area contributed by atoms with Crippen LogP contribution in [0.5, 0.6) is 0 Å². The van der Waals surface area contributed by atoms with E-state index in [1.54, 1.807) is 11.0 Å². The van der Waals surface area contributed by atoms with Crippen molar-refractivity contribution < 1.29 is 18.7 Å². The molecule has 24 heavy (non-hydrogen) atoms. The Morgan fingerprint density at radius 2 is 1.96 bits per heavy atom. The maximum atomic E-state index is 12.5. The molecule has 138 valence electrons. The summed E-state index contributed by atoms with van der Waals surface area (Å²) in [6.07, 6.45) is 6.27. The molecule has 0 aliphatic carbocycles. The van der Waals surface area contributed by atoms with Crippen molar-refractivity contribution in [2.45, 2.75) is 71.3 Å². The largest absolute Gasteiger partial charge is 0.520 e. The highest BCUT2D eigenvalue weighted by atomic mass is 28.4. The first kappa shape index (κ1) is 20.6. The van der Waals surface area contributed by atoms with Crippen LogP contribution in [0.1, 0.15) is 40.0 Å². The maximum absolute atomic E-state index is 12.5. The van der Waals surface area contributed by atoms with E-state index in [2.05, 4.69) is 26.2 Å². The summed E-state index contributed by atoms with van der Waals surface area (Å²) >= 11 is 0. The third-order valence-corrected chi connectivity index (χ3v) is 4.07. The van der Waals surface area contributed by atoms with E-state index in [9.17, 15) is 4.79 Å². The van der Waals surface area contributed by atoms with Gasteiger partial charge in [-0.15, -0.1) is 0 Å². The number of carbonyl (C=O) groups excluding carboxylic acids is 1. The molecule has 1 amide bonds. The van der Waals surface area contributed by atoms with Crippen molar-refractivity contribution in [1.29, 1.82) is 0 Å². The van der Waals surface area contributed by atoms with Gasteiger partial charge in [-0.2, -0.15) is 0 Å². The molecule has 1 rings (SSSR count). The van der Waals surface area contributed by atoms with Crippen LogP contribution in [0.2, 0.25) is 19.6 Å². The molecule has 1 aliphatic rings. The van der Waals surface area contributed by atoms with Gasteiger partial charge in [-0.1, -0.05) is 12.7 Å². The van der Waals surface area contributed by atoms with E-state index in [0.717, 1.165) is 19.3 Å². The number of amides is 1. The molecule has 0 aromatic heterocycles. The second-order valence-corrected chi connectivity index (χ2v) is 12.5. The highest BCUT2D eigenvalue weighted by Crippen LogP contribution is 2.23. The fourth-order valence-corrected chi connectivity index (χ4v) is 3.12. The number of ether oxygens (including phenoxy) is 2. The Hall–Kier alpha value is -1.43. The monoisotopic (exact) mass is 355 g/mol. The van der Waals surface area contributed by atoms with Gasteiger partial charge in [-0.25, -0.2) is 4.79 Å². The Balaban J connectivity index is 2.93. The topological polar surface area (TPSA) is 48.0 Å². The number of nitrogens with zero attached hydrogens (tertiary/aromatic N) is 1. The molecule has 6 heteroatoms. The zero-order chi connectivity index (χ0) is 18.4. The molecule has 0 spiro atoms. The van der Waals surface area contributed by atoms with Gasteiger partial charge >= 0.3 is 6.09 Å². The number of hydrogen-bond acceptors (Lipinski definition) is 4. The van der Waals surface area contributed by atoms with E-state index < -0.39 is 13.9 Å². The van der Waals surface area contributed by atoms with Gasteiger partial charge in [-0.3, -0.25) is 0 Å². The lowest BCUT2D eigenvalue weighted by Gasteiger charge is -2.35. The number of rotatable bonds is 6. The Morgan fingerprint density at radius 1 is 1.29 bits per heavy atom. The van der Waals surface area contributed by atoms with Crippen molar-refractivity contribution in [3.8, 4) is 0 Å². The lowest BCUT2D eigenvalue weighted by molar-refractivity contribution is 0.0138. The quantitative estimate of drug-likeness (QED) is 0.394. The van der Waals surface area contributed by atoms with E-state index in [1.807, 2.05) is 26.8 Å². The minimum Gasteiger partial charge on any atom is -0.520 e. The van der Waals surface area contributed by atoms with Crippen molar-refractivity contribution >= 4 is 14.4 Å². The standard InChI is InChI=1S/C18H33NO4Si/c1-8-13-21-16(23-24(5,6)7)14-15-11-9-10-12-19(15)17(20)22-18(2,3)4/h8,14-15H,1,9-13H2,2-7H3/b16-14-/t15-/m0/s1. The lowest BCUT2D eigenvalue weighted by Crippen LogP contribution is -2.45. The number of likely N-dealkylation sites (tertiary alicyclic amines) is 1. The summed E-state index contributed by atoms with van der Waals surface area (Å²) < 4.78 is 17.2. The molecular weight excluding hydrogens is 322 g/mol. The minimum absolute atomic E-state index is 0.0650. The second kappa shape index (κ2) is 8.60. The van der Waals surface area contributed by atoms with E-state index in [4.69, 9.17) is 13.9 Å². The predicted octanol–water partition coefficient (Wildman–Crippen LogP) is 4.67. The average Bonchev–Trinajstić information content (AvgIpc) is 2.41. The highest BCUT2D eigenvalue weighted by molar-refractivity contribution is 6.70. The summed E-state index contributed by atoms with van der Waals surface area (Å²) in [6, 6.07) is -0.0650. The fourth-order valence-electron chi connectivity index (χ4n) is 2.39. The Labute approximate surface area is 147 Å². The van der Waals surface area contributed by atoms with Gasteiger partial charge < -0.3 is 18.8 Å². The lowest BCUT2D eigenvalue weighted by atomic mass is 10.0. The summed E-state index contributed by atoms with van der Waals surface area (Å²) in [6.45, 7) is 16.7. The van der Waals surface area contributed by atoms with Crippen LogP contribution in [0, 0.1) is 0 Å². The Morgan fingerprint density at radius 3 is 2.50 bits per heavy atom. The second-order valence-electron chi connectivity index (χ2n) is 8.04. The third-order valence-electron chi connectivity index (χ3n) is 3.26. The van der Waals surface area contributed by atoms with Crippen LogP contribution in [0.25, 0.3) is 0 Å². The zero-order valence-electron chi connectivity index (χ0n) is 16.1. The van der Waals surface area contributed by atoms with Crippen molar-refractivity contribution in [2.75, 3.05) is 13.2 Å². The molecule has 0 aromatic carbocycles. The van der Waals surface area contributed by atoms with Crippen LogP contribution in [0.3, 0.4) is 0 Å². The molecule has 1 heterocycles. The van der Waals surface area contributed by atoms with Crippen LogP contribution in [-0.4, -0.2) is 44.1 Å². The summed E-state index contributed by atoms with van der Waals surface area (Å²) in [5, 5.41) is 0. The molecule has 1 saturated heterocycles. The van der Waals surface area contributed by atoms with Gasteiger partial charge in [0.05, 0.1) is 6.04 Å². The first-order valence-corrected chi connectivity index (χ1v) is 12.1. The summed E-state index contributed by atoms with van der Waals surface area (Å²) in [5.74, 6) is 0.495. The summed E-state index contributed by atoms with van der Waals surface area (Å²) in [7, 11) is -1.80. The van der Waals surface area contributed by atoms with Crippen molar-refractivity contribution in [3.63, 3.8) is 0 Å². The SMILES string of the molecule is C=CCO/C(=C/[C@@H]1CCCCN1C(=O)OC(C)(C)C)O[Si](C)(C)C. The normalized spacial score (nSPS) is 19.7. The van der Waals surface area contributed by atoms with Crippen LogP contribution in [0.15, 0.2) is 24.7 Å². The van der Waals surface area contributed by atoms with Gasteiger partial charge in [0.1, 0.15) is 12.2 Å². The van der Waals surface area contributed by atoms with Crippen LogP contribution in [0.4, 0.5) is 4.79 Å². The summed E-state index contributed by atoms with van der Waals surface area (Å²) in [5.41, 5.74) is -0.500. The number of carbonyl (C=O) groups is 1. The van der Waals surface area contributed by atoms with Crippen molar-refractivity contribution in [3.05, 3.63) is 24.7 Å². The molecule has 0 aromatic rings. The van der Waals surface area contributed by atoms with E-state index in [1.165, 1.54) is 0 Å². The molecule has 0 N–H and O–H groups in total. The molecule has 0 unspecified atom stereocenters. The molecule has 1 fully saturated rings. The molecular formula is C18H33NO4Si. The zero-order valence-corrected chi connectivity index (χ0v) is 17.1. The maximum Gasteiger partial charge on any atom is 0.410 e. The smallest absolute Gasteiger partial charge is 0.410 e. The van der Waals surface area contributed by atoms with E-state index in [0.29, 0.717) is 19.1 Å². The van der Waals surface area contributed by atoms with E-state index >= 15 is 0 Å². The molecule has 0 saturated carbocycles. The van der Waals surface area contributed by atoms with Crippen molar-refractivity contribution in [2.24, 2.45) is 0 Å². The average molecular weight is 356 g/mol. The Bertz CT molecular complexity index is 463. The number of piperidine rings is 1. The van der Waals surface area contributed by atoms with E-state index in [-0.39, 0.29) is 12.1 Å². The minimum atomic E-state index is -1.80. The first-order chi connectivity index (χ1) is 11.0. The van der Waals surface area contributed by atoms with Crippen LogP contribution >= 0.6 is 0 Å². The third kappa shape index (κ3) is 7.90. The van der Waals surface area contributed by atoms with Crippen LogP contribution in [-0.2, 0) is 13.9 Å². The van der Waals surface area contributed by atoms with Gasteiger partial charge in [0.25, 0.3) is 5.95 Å². The highest BCUT2D eigenvalue weighted by Gasteiger charge is 2.30. The van der Waals surface area contributed by atoms with Gasteiger partial charge in [0.2, 0.25) is 8.32 Å². The molecule has 5 nitrogen and oxygen atoms in total. The van der Waals surface area contributed by atoms with Crippen molar-refractivity contribution in [1.82, 2.24) is 4.90 Å². The molecule has 1 atom stereocenters. The first-order valence-electron chi connectivity index (χ1n) is 8.66. The van der Waals surface area contributed by atoms with Gasteiger partial charge in [0.15, 0.2) is 0 Å². The van der Waals surface area contributed by atoms with Gasteiger partial charge in [0, 0.05) is 12.6 Å². The molecule has 0 bridgehead atoms. The fraction of sp³-hybridized carbons (Fsp3) is 0.722. The van der Waals surface area contributed by atoms with Crippen LogP contribution < -0.4 is 0 Å². The molecule has 1 aliphatic heterocycles. The summed E-state index contributed by atoms with van der Waals surface area (Å²) in [4.78, 5) is 14.3.